The van der Waals surface area contributed by atoms with E-state index in [1.165, 1.54) is 154 Å². The van der Waals surface area contributed by atoms with Gasteiger partial charge in [-0.05, 0) is 38.5 Å². The fourth-order valence-corrected chi connectivity index (χ4v) is 7.20. The van der Waals surface area contributed by atoms with Crippen LogP contribution in [0.5, 0.6) is 0 Å². The first-order valence-corrected chi connectivity index (χ1v) is 24.3. The fourth-order valence-electron chi connectivity index (χ4n) is 6.44. The maximum atomic E-state index is 12.6. The van der Waals surface area contributed by atoms with Crippen molar-refractivity contribution >= 4 is 19.8 Å². The number of nitrogens with two attached hydrogens (primary N) is 1. The summed E-state index contributed by atoms with van der Waals surface area (Å²) in [5.74, 6) is -0.934. The van der Waals surface area contributed by atoms with Crippen LogP contribution in [0.3, 0.4) is 0 Å². The Morgan fingerprint density at radius 2 is 0.891 bits per heavy atom. The minimum absolute atomic E-state index is 0.0463. The van der Waals surface area contributed by atoms with E-state index in [2.05, 4.69) is 26.0 Å². The summed E-state index contributed by atoms with van der Waals surface area (Å²) < 4.78 is 32.7. The molecule has 3 N–H and O–H groups in total. The van der Waals surface area contributed by atoms with Crippen molar-refractivity contribution in [1.82, 2.24) is 0 Å². The highest BCUT2D eigenvalue weighted by molar-refractivity contribution is 7.47. The Labute approximate surface area is 338 Å². The van der Waals surface area contributed by atoms with E-state index in [1.54, 1.807) is 0 Å². The van der Waals surface area contributed by atoms with E-state index in [9.17, 15) is 19.0 Å². The van der Waals surface area contributed by atoms with Crippen LogP contribution in [-0.2, 0) is 32.7 Å². The number of hydrogen-bond donors (Lipinski definition) is 2. The molecular weight excluding hydrogens is 713 g/mol. The van der Waals surface area contributed by atoms with Crippen LogP contribution in [0.25, 0.3) is 0 Å². The highest BCUT2D eigenvalue weighted by Crippen LogP contribution is 2.43. The number of carbonyl (C=O) groups excluding carboxylic acids is 2. The topological polar surface area (TPSA) is 134 Å². The Balaban J connectivity index is 4.17. The van der Waals surface area contributed by atoms with E-state index in [0.29, 0.717) is 12.8 Å². The standard InChI is InChI=1S/C45H86NO8P/c1-3-5-7-9-11-13-15-17-19-20-21-22-24-26-28-30-32-34-36-38-45(48)54-43(42-53-55(49,50)52-40-39-46)41-51-44(47)37-35-33-31-29-27-25-23-18-16-14-12-10-8-6-4-2/h31-34,43H,3-30,35-42,46H2,1-2H3,(H,49,50)/b33-31-,34-32-. The molecule has 324 valence electrons. The number of hydrogen-bond acceptors (Lipinski definition) is 8. The third-order valence-corrected chi connectivity index (χ3v) is 10.8. The lowest BCUT2D eigenvalue weighted by molar-refractivity contribution is -0.161. The largest absolute Gasteiger partial charge is 0.472 e. The molecule has 0 aromatic carbocycles. The van der Waals surface area contributed by atoms with E-state index in [1.807, 2.05) is 12.2 Å². The molecule has 0 amide bonds. The van der Waals surface area contributed by atoms with Gasteiger partial charge in [0.25, 0.3) is 0 Å². The van der Waals surface area contributed by atoms with Gasteiger partial charge in [0.1, 0.15) is 6.61 Å². The third-order valence-electron chi connectivity index (χ3n) is 9.84. The molecule has 0 aromatic rings. The van der Waals surface area contributed by atoms with Crippen LogP contribution in [0.15, 0.2) is 24.3 Å². The number of phosphoric ester groups is 1. The monoisotopic (exact) mass is 800 g/mol. The van der Waals surface area contributed by atoms with E-state index in [0.717, 1.165) is 25.7 Å². The summed E-state index contributed by atoms with van der Waals surface area (Å²) in [6.45, 7) is 3.68. The predicted molar refractivity (Wildman–Crippen MR) is 229 cm³/mol. The minimum atomic E-state index is -4.39. The van der Waals surface area contributed by atoms with Crippen molar-refractivity contribution in [2.45, 2.75) is 225 Å². The summed E-state index contributed by atoms with van der Waals surface area (Å²) in [5.41, 5.74) is 5.35. The number of carbonyl (C=O) groups is 2. The third kappa shape index (κ3) is 41.9. The van der Waals surface area contributed by atoms with Crippen LogP contribution in [-0.4, -0.2) is 49.3 Å². The maximum Gasteiger partial charge on any atom is 0.472 e. The average molecular weight is 800 g/mol. The molecule has 2 unspecified atom stereocenters. The van der Waals surface area contributed by atoms with Crippen molar-refractivity contribution in [3.8, 4) is 0 Å². The first kappa shape index (κ1) is 53.5. The van der Waals surface area contributed by atoms with Gasteiger partial charge in [-0.2, -0.15) is 0 Å². The number of rotatable bonds is 43. The Hall–Kier alpha value is -1.51. The lowest BCUT2D eigenvalue weighted by Crippen LogP contribution is -2.29. The molecule has 0 fully saturated rings. The Morgan fingerprint density at radius 3 is 1.29 bits per heavy atom. The molecule has 0 saturated heterocycles. The molecule has 0 saturated carbocycles. The molecule has 0 spiro atoms. The molecule has 0 aliphatic heterocycles. The second-order valence-corrected chi connectivity index (χ2v) is 16.7. The zero-order valence-electron chi connectivity index (χ0n) is 35.7. The normalized spacial score (nSPS) is 13.5. The highest BCUT2D eigenvalue weighted by atomic mass is 31.2. The lowest BCUT2D eigenvalue weighted by atomic mass is 10.0. The summed E-state index contributed by atoms with van der Waals surface area (Å²) in [7, 11) is -4.39. The smallest absolute Gasteiger partial charge is 0.462 e. The van der Waals surface area contributed by atoms with Crippen molar-refractivity contribution in [2.75, 3.05) is 26.4 Å². The van der Waals surface area contributed by atoms with Gasteiger partial charge in [0.2, 0.25) is 0 Å². The van der Waals surface area contributed by atoms with Crippen molar-refractivity contribution in [3.05, 3.63) is 24.3 Å². The van der Waals surface area contributed by atoms with Gasteiger partial charge in [0.05, 0.1) is 13.2 Å². The molecule has 0 aliphatic rings. The zero-order chi connectivity index (χ0) is 40.3. The molecule has 0 radical (unpaired) electrons. The Morgan fingerprint density at radius 1 is 0.527 bits per heavy atom. The van der Waals surface area contributed by atoms with Gasteiger partial charge < -0.3 is 20.1 Å². The zero-order valence-corrected chi connectivity index (χ0v) is 36.6. The predicted octanol–water partition coefficient (Wildman–Crippen LogP) is 13.2. The summed E-state index contributed by atoms with van der Waals surface area (Å²) in [6, 6.07) is 0. The summed E-state index contributed by atoms with van der Waals surface area (Å²) in [5, 5.41) is 0. The second kappa shape index (κ2) is 42.1. The van der Waals surface area contributed by atoms with Gasteiger partial charge in [-0.3, -0.25) is 18.6 Å². The molecule has 0 bridgehead atoms. The van der Waals surface area contributed by atoms with Gasteiger partial charge >= 0.3 is 19.8 Å². The van der Waals surface area contributed by atoms with Crippen molar-refractivity contribution in [2.24, 2.45) is 5.73 Å². The molecule has 0 heterocycles. The SMILES string of the molecule is CCCCCCCCCCCCC/C=C\CCC(=O)OCC(COP(=O)(O)OCCN)OC(=O)CC/C=C\CCCCCCCCCCCCCCCCC. The fraction of sp³-hybridized carbons (Fsp3) is 0.867. The van der Waals surface area contributed by atoms with Crippen molar-refractivity contribution in [3.63, 3.8) is 0 Å². The Kier molecular flexibility index (Phi) is 40.9. The van der Waals surface area contributed by atoms with E-state index >= 15 is 0 Å². The maximum absolute atomic E-state index is 12.6. The van der Waals surface area contributed by atoms with Crippen LogP contribution in [0.2, 0.25) is 0 Å². The number of allylic oxidation sites excluding steroid dienone is 4. The summed E-state index contributed by atoms with van der Waals surface area (Å²) in [6.07, 6.45) is 45.3. The van der Waals surface area contributed by atoms with Crippen LogP contribution >= 0.6 is 7.82 Å². The van der Waals surface area contributed by atoms with E-state index < -0.39 is 32.5 Å². The molecular formula is C45H86NO8P. The first-order valence-electron chi connectivity index (χ1n) is 22.8. The quantitative estimate of drug-likeness (QED) is 0.0267. The summed E-state index contributed by atoms with van der Waals surface area (Å²) >= 11 is 0. The minimum Gasteiger partial charge on any atom is -0.462 e. The number of ether oxygens (including phenoxy) is 2. The van der Waals surface area contributed by atoms with Crippen LogP contribution in [0.1, 0.15) is 219 Å². The van der Waals surface area contributed by atoms with Gasteiger partial charge in [0.15, 0.2) is 6.10 Å². The van der Waals surface area contributed by atoms with Crippen LogP contribution in [0.4, 0.5) is 0 Å². The van der Waals surface area contributed by atoms with Crippen LogP contribution < -0.4 is 5.73 Å². The average Bonchev–Trinajstić information content (AvgIpc) is 3.17. The second-order valence-electron chi connectivity index (χ2n) is 15.3. The summed E-state index contributed by atoms with van der Waals surface area (Å²) in [4.78, 5) is 34.8. The highest BCUT2D eigenvalue weighted by Gasteiger charge is 2.25. The van der Waals surface area contributed by atoms with Crippen LogP contribution in [0, 0.1) is 0 Å². The first-order chi connectivity index (χ1) is 26.8. The van der Waals surface area contributed by atoms with Gasteiger partial charge in [-0.1, -0.05) is 192 Å². The molecule has 2 atom stereocenters. The Bertz CT molecular complexity index is 959. The number of phosphoric acid groups is 1. The van der Waals surface area contributed by atoms with E-state index in [4.69, 9.17) is 24.3 Å². The van der Waals surface area contributed by atoms with Gasteiger partial charge in [-0.25, -0.2) is 4.57 Å². The number of unbranched alkanes of at least 4 members (excludes halogenated alkanes) is 26. The van der Waals surface area contributed by atoms with E-state index in [-0.39, 0.29) is 32.6 Å². The molecule has 10 heteroatoms. The van der Waals surface area contributed by atoms with Gasteiger partial charge in [0, 0.05) is 19.4 Å². The molecule has 0 aliphatic carbocycles. The molecule has 9 nitrogen and oxygen atoms in total. The molecule has 0 rings (SSSR count). The lowest BCUT2D eigenvalue weighted by Gasteiger charge is -2.19. The van der Waals surface area contributed by atoms with Gasteiger partial charge in [-0.15, -0.1) is 0 Å². The molecule has 0 aromatic heterocycles. The number of esters is 2. The molecule has 55 heavy (non-hydrogen) atoms. The van der Waals surface area contributed by atoms with Crippen molar-refractivity contribution in [1.29, 1.82) is 0 Å². The van der Waals surface area contributed by atoms with Crippen molar-refractivity contribution < 1.29 is 37.6 Å².